The fraction of sp³-hybridized carbons (Fsp3) is 0.929. The third-order valence-corrected chi connectivity index (χ3v) is 4.91. The topological polar surface area (TPSA) is 26.3 Å². The van der Waals surface area contributed by atoms with Crippen molar-refractivity contribution in [3.8, 4) is 0 Å². The van der Waals surface area contributed by atoms with Gasteiger partial charge < -0.3 is 4.74 Å². The zero-order valence-corrected chi connectivity index (χ0v) is 9.99. The van der Waals surface area contributed by atoms with Gasteiger partial charge in [-0.05, 0) is 49.4 Å². The molecule has 0 spiro atoms. The number of carbonyl (C=O) groups excluding carboxylic acids is 1. The van der Waals surface area contributed by atoms with Gasteiger partial charge in [0.25, 0.3) is 0 Å². The van der Waals surface area contributed by atoms with Gasteiger partial charge in [-0.1, -0.05) is 6.42 Å². The first-order chi connectivity index (χ1) is 7.81. The van der Waals surface area contributed by atoms with Crippen LogP contribution >= 0.6 is 0 Å². The maximum atomic E-state index is 12.0. The SMILES string of the molecule is O=C(CC1CCOC1)CC1CC2CCC1C2. The number of hydrogen-bond acceptors (Lipinski definition) is 2. The molecule has 0 aromatic heterocycles. The minimum absolute atomic E-state index is 0.507. The second-order valence-corrected chi connectivity index (χ2v) is 6.11. The second-order valence-electron chi connectivity index (χ2n) is 6.11. The molecule has 3 fully saturated rings. The standard InChI is InChI=1S/C14H22O2/c15-14(7-11-3-4-16-9-11)8-13-6-10-1-2-12(13)5-10/h10-13H,1-9H2. The number of ketones is 1. The average Bonchev–Trinajstić information content (AvgIpc) is 2.92. The van der Waals surface area contributed by atoms with Crippen LogP contribution in [0.25, 0.3) is 0 Å². The zero-order chi connectivity index (χ0) is 11.0. The summed E-state index contributed by atoms with van der Waals surface area (Å²) in [6, 6.07) is 0. The molecule has 1 heterocycles. The Hall–Kier alpha value is -0.370. The van der Waals surface area contributed by atoms with Crippen LogP contribution in [0.4, 0.5) is 0 Å². The second kappa shape index (κ2) is 4.48. The number of carbonyl (C=O) groups is 1. The van der Waals surface area contributed by atoms with E-state index in [1.165, 1.54) is 25.7 Å². The zero-order valence-electron chi connectivity index (χ0n) is 9.99. The summed E-state index contributed by atoms with van der Waals surface area (Å²) in [5.74, 6) is 3.65. The summed E-state index contributed by atoms with van der Waals surface area (Å²) in [5.41, 5.74) is 0. The monoisotopic (exact) mass is 222 g/mol. The molecule has 3 rings (SSSR count). The minimum atomic E-state index is 0.507. The van der Waals surface area contributed by atoms with Crippen molar-refractivity contribution in [1.29, 1.82) is 0 Å². The molecule has 2 saturated carbocycles. The third-order valence-electron chi connectivity index (χ3n) is 4.91. The predicted molar refractivity (Wildman–Crippen MR) is 62.1 cm³/mol. The molecule has 16 heavy (non-hydrogen) atoms. The molecule has 1 saturated heterocycles. The molecular formula is C14H22O2. The molecule has 0 N–H and O–H groups in total. The number of hydrogen-bond donors (Lipinski definition) is 0. The van der Waals surface area contributed by atoms with Crippen LogP contribution in [0.2, 0.25) is 0 Å². The predicted octanol–water partition coefficient (Wildman–Crippen LogP) is 2.81. The summed E-state index contributed by atoms with van der Waals surface area (Å²) in [5, 5.41) is 0. The number of fused-ring (bicyclic) bond motifs is 2. The first-order valence-electron chi connectivity index (χ1n) is 6.90. The van der Waals surface area contributed by atoms with Crippen molar-refractivity contribution in [2.24, 2.45) is 23.7 Å². The van der Waals surface area contributed by atoms with Gasteiger partial charge in [0.05, 0.1) is 0 Å². The summed E-state index contributed by atoms with van der Waals surface area (Å²) in [6.07, 6.45) is 8.36. The highest BCUT2D eigenvalue weighted by molar-refractivity contribution is 5.79. The van der Waals surface area contributed by atoms with Crippen LogP contribution in [0.3, 0.4) is 0 Å². The van der Waals surface area contributed by atoms with Gasteiger partial charge in [0.2, 0.25) is 0 Å². The van der Waals surface area contributed by atoms with E-state index in [0.717, 1.165) is 50.2 Å². The van der Waals surface area contributed by atoms with Gasteiger partial charge in [-0.15, -0.1) is 0 Å². The van der Waals surface area contributed by atoms with E-state index in [1.54, 1.807) is 0 Å². The first kappa shape index (κ1) is 10.8. The summed E-state index contributed by atoms with van der Waals surface area (Å²) < 4.78 is 5.33. The lowest BCUT2D eigenvalue weighted by atomic mass is 9.84. The van der Waals surface area contributed by atoms with Gasteiger partial charge in [0.1, 0.15) is 5.78 Å². The first-order valence-corrected chi connectivity index (χ1v) is 6.90. The van der Waals surface area contributed by atoms with Crippen LogP contribution in [0.5, 0.6) is 0 Å². The van der Waals surface area contributed by atoms with Gasteiger partial charge in [-0.25, -0.2) is 0 Å². The fourth-order valence-corrected chi connectivity index (χ4v) is 4.07. The quantitative estimate of drug-likeness (QED) is 0.731. The van der Waals surface area contributed by atoms with Gasteiger partial charge in [-0.2, -0.15) is 0 Å². The number of Topliss-reactive ketones (excluding diaryl/α,β-unsaturated/α-hetero) is 1. The van der Waals surface area contributed by atoms with Gasteiger partial charge in [0, 0.05) is 26.1 Å². The Kier molecular flexibility index (Phi) is 3.01. The molecule has 4 atom stereocenters. The molecule has 2 bridgehead atoms. The van der Waals surface area contributed by atoms with E-state index >= 15 is 0 Å². The Morgan fingerprint density at radius 2 is 2.06 bits per heavy atom. The third kappa shape index (κ3) is 2.17. The molecule has 0 aromatic carbocycles. The normalized spacial score (nSPS) is 41.8. The van der Waals surface area contributed by atoms with E-state index in [2.05, 4.69) is 0 Å². The molecule has 2 nitrogen and oxygen atoms in total. The van der Waals surface area contributed by atoms with Crippen molar-refractivity contribution in [3.05, 3.63) is 0 Å². The number of ether oxygens (including phenoxy) is 1. The lowest BCUT2D eigenvalue weighted by molar-refractivity contribution is -0.121. The Bertz CT molecular complexity index is 268. The van der Waals surface area contributed by atoms with Crippen LogP contribution in [0.15, 0.2) is 0 Å². The average molecular weight is 222 g/mol. The van der Waals surface area contributed by atoms with Crippen LogP contribution in [-0.4, -0.2) is 19.0 Å². The van der Waals surface area contributed by atoms with Crippen molar-refractivity contribution in [1.82, 2.24) is 0 Å². The largest absolute Gasteiger partial charge is 0.381 e. The molecule has 0 aromatic rings. The Balaban J connectivity index is 1.45. The summed E-state index contributed by atoms with van der Waals surface area (Å²) in [7, 11) is 0. The Morgan fingerprint density at radius 3 is 2.69 bits per heavy atom. The lowest BCUT2D eigenvalue weighted by Crippen LogP contribution is -2.17. The Labute approximate surface area is 97.7 Å². The van der Waals surface area contributed by atoms with E-state index in [-0.39, 0.29) is 0 Å². The van der Waals surface area contributed by atoms with Crippen molar-refractivity contribution in [3.63, 3.8) is 0 Å². The molecule has 2 aliphatic carbocycles. The molecular weight excluding hydrogens is 200 g/mol. The number of rotatable bonds is 4. The maximum Gasteiger partial charge on any atom is 0.133 e. The molecule has 3 aliphatic rings. The van der Waals surface area contributed by atoms with E-state index in [9.17, 15) is 4.79 Å². The minimum Gasteiger partial charge on any atom is -0.381 e. The fourth-order valence-electron chi connectivity index (χ4n) is 4.07. The molecule has 4 unspecified atom stereocenters. The highest BCUT2D eigenvalue weighted by atomic mass is 16.5. The molecule has 2 heteroatoms. The van der Waals surface area contributed by atoms with Crippen LogP contribution in [0.1, 0.15) is 44.9 Å². The summed E-state index contributed by atoms with van der Waals surface area (Å²) in [6.45, 7) is 1.69. The molecule has 0 amide bonds. The smallest absolute Gasteiger partial charge is 0.133 e. The maximum absolute atomic E-state index is 12.0. The van der Waals surface area contributed by atoms with Gasteiger partial charge in [-0.3, -0.25) is 4.79 Å². The van der Waals surface area contributed by atoms with Gasteiger partial charge in [0.15, 0.2) is 0 Å². The molecule has 0 radical (unpaired) electrons. The van der Waals surface area contributed by atoms with Crippen molar-refractivity contribution in [2.75, 3.05) is 13.2 Å². The summed E-state index contributed by atoms with van der Waals surface area (Å²) >= 11 is 0. The van der Waals surface area contributed by atoms with Crippen molar-refractivity contribution in [2.45, 2.75) is 44.9 Å². The highest BCUT2D eigenvalue weighted by Crippen LogP contribution is 2.49. The summed E-state index contributed by atoms with van der Waals surface area (Å²) in [4.78, 5) is 12.0. The lowest BCUT2D eigenvalue weighted by Gasteiger charge is -2.21. The van der Waals surface area contributed by atoms with Crippen molar-refractivity contribution < 1.29 is 9.53 Å². The van der Waals surface area contributed by atoms with Crippen LogP contribution < -0.4 is 0 Å². The highest BCUT2D eigenvalue weighted by Gasteiger charge is 2.40. The van der Waals surface area contributed by atoms with E-state index in [4.69, 9.17) is 4.74 Å². The molecule has 90 valence electrons. The van der Waals surface area contributed by atoms with E-state index in [1.807, 2.05) is 0 Å². The van der Waals surface area contributed by atoms with Gasteiger partial charge >= 0.3 is 0 Å². The van der Waals surface area contributed by atoms with E-state index in [0.29, 0.717) is 11.7 Å². The van der Waals surface area contributed by atoms with E-state index < -0.39 is 0 Å². The molecule has 1 aliphatic heterocycles. The Morgan fingerprint density at radius 1 is 1.12 bits per heavy atom. The van der Waals surface area contributed by atoms with Crippen LogP contribution in [-0.2, 0) is 9.53 Å². The van der Waals surface area contributed by atoms with Crippen molar-refractivity contribution >= 4 is 5.78 Å². The van der Waals surface area contributed by atoms with Crippen LogP contribution in [0, 0.1) is 23.7 Å².